The predicted molar refractivity (Wildman–Crippen MR) is 70.4 cm³/mol. The van der Waals surface area contributed by atoms with Gasteiger partial charge in [0.05, 0.1) is 11.9 Å². The third-order valence-electron chi connectivity index (χ3n) is 2.46. The average Bonchev–Trinajstić information content (AvgIpc) is 2.40. The first-order valence-corrected chi connectivity index (χ1v) is 6.22. The third-order valence-corrected chi connectivity index (χ3v) is 2.46. The van der Waals surface area contributed by atoms with Gasteiger partial charge in [-0.05, 0) is 12.1 Å². The monoisotopic (exact) mass is 279 g/mol. The van der Waals surface area contributed by atoms with Gasteiger partial charge >= 0.3 is 0 Å². The minimum absolute atomic E-state index is 0.0883. The molecule has 0 saturated heterocycles. The summed E-state index contributed by atoms with van der Waals surface area (Å²) in [6, 6.07) is 3.41. The zero-order valence-corrected chi connectivity index (χ0v) is 11.2. The smallest absolute Gasteiger partial charge is 0.238 e. The van der Waals surface area contributed by atoms with E-state index in [0.29, 0.717) is 18.3 Å². The van der Waals surface area contributed by atoms with Crippen LogP contribution in [0, 0.1) is 11.6 Å². The van der Waals surface area contributed by atoms with Gasteiger partial charge in [-0.15, -0.1) is 0 Å². The Kier molecular flexibility index (Phi) is 4.57. The van der Waals surface area contributed by atoms with Crippen LogP contribution in [0.3, 0.4) is 0 Å². The zero-order valence-electron chi connectivity index (χ0n) is 11.2. The van der Waals surface area contributed by atoms with E-state index in [0.717, 1.165) is 12.1 Å². The van der Waals surface area contributed by atoms with Crippen molar-refractivity contribution in [1.29, 1.82) is 0 Å². The van der Waals surface area contributed by atoms with Crippen molar-refractivity contribution in [2.45, 2.75) is 26.4 Å². The standard InChI is InChI=1S/C14H15F2N3O/c1-9(2)18-7-11-6-17-8-14(19-11)20-13-4-3-10(15)5-12(13)16/h3-6,8-9,18H,7H2,1-2H3. The van der Waals surface area contributed by atoms with Crippen LogP contribution in [0.25, 0.3) is 0 Å². The van der Waals surface area contributed by atoms with Crippen LogP contribution in [0.4, 0.5) is 8.78 Å². The molecule has 0 radical (unpaired) electrons. The van der Waals surface area contributed by atoms with Crippen molar-refractivity contribution >= 4 is 0 Å². The molecule has 0 unspecified atom stereocenters. The molecule has 1 heterocycles. The van der Waals surface area contributed by atoms with Gasteiger partial charge in [0, 0.05) is 24.8 Å². The SMILES string of the molecule is CC(C)NCc1cncc(Oc2ccc(F)cc2F)n1. The minimum Gasteiger partial charge on any atom is -0.434 e. The molecule has 0 aliphatic rings. The fourth-order valence-electron chi connectivity index (χ4n) is 1.50. The van der Waals surface area contributed by atoms with E-state index in [1.54, 1.807) is 6.20 Å². The van der Waals surface area contributed by atoms with Crippen molar-refractivity contribution in [1.82, 2.24) is 15.3 Å². The molecule has 0 atom stereocenters. The van der Waals surface area contributed by atoms with Crippen LogP contribution in [0.1, 0.15) is 19.5 Å². The van der Waals surface area contributed by atoms with Crippen molar-refractivity contribution in [3.05, 3.63) is 47.9 Å². The fraction of sp³-hybridized carbons (Fsp3) is 0.286. The molecule has 1 aromatic carbocycles. The van der Waals surface area contributed by atoms with E-state index in [9.17, 15) is 8.78 Å². The predicted octanol–water partition coefficient (Wildman–Crippen LogP) is 3.05. The number of benzene rings is 1. The lowest BCUT2D eigenvalue weighted by Crippen LogP contribution is -2.22. The highest BCUT2D eigenvalue weighted by molar-refractivity contribution is 5.28. The number of ether oxygens (including phenoxy) is 1. The molecule has 2 rings (SSSR count). The summed E-state index contributed by atoms with van der Waals surface area (Å²) in [6.45, 7) is 4.57. The topological polar surface area (TPSA) is 47.0 Å². The highest BCUT2D eigenvalue weighted by Crippen LogP contribution is 2.23. The second kappa shape index (κ2) is 6.38. The Bertz CT molecular complexity index is 590. The summed E-state index contributed by atoms with van der Waals surface area (Å²) < 4.78 is 31.5. The molecule has 0 amide bonds. The molecule has 2 aromatic rings. The number of rotatable bonds is 5. The van der Waals surface area contributed by atoms with Crippen LogP contribution in [-0.4, -0.2) is 16.0 Å². The molecule has 6 heteroatoms. The van der Waals surface area contributed by atoms with E-state index in [-0.39, 0.29) is 11.6 Å². The van der Waals surface area contributed by atoms with E-state index < -0.39 is 11.6 Å². The highest BCUT2D eigenvalue weighted by atomic mass is 19.1. The molecule has 0 aliphatic heterocycles. The number of nitrogens with one attached hydrogen (secondary N) is 1. The number of halogens is 2. The van der Waals surface area contributed by atoms with Gasteiger partial charge in [0.25, 0.3) is 0 Å². The first-order valence-electron chi connectivity index (χ1n) is 6.22. The summed E-state index contributed by atoms with van der Waals surface area (Å²) in [5.41, 5.74) is 0.679. The van der Waals surface area contributed by atoms with Crippen molar-refractivity contribution in [2.24, 2.45) is 0 Å². The molecular weight excluding hydrogens is 264 g/mol. The summed E-state index contributed by atoms with van der Waals surface area (Å²) in [7, 11) is 0. The first-order chi connectivity index (χ1) is 9.54. The van der Waals surface area contributed by atoms with E-state index in [1.807, 2.05) is 13.8 Å². The van der Waals surface area contributed by atoms with Gasteiger partial charge in [-0.1, -0.05) is 13.8 Å². The molecular formula is C14H15F2N3O. The first kappa shape index (κ1) is 14.3. The van der Waals surface area contributed by atoms with Crippen LogP contribution < -0.4 is 10.1 Å². The molecule has 4 nitrogen and oxygen atoms in total. The number of hydrogen-bond acceptors (Lipinski definition) is 4. The van der Waals surface area contributed by atoms with E-state index in [1.165, 1.54) is 12.3 Å². The van der Waals surface area contributed by atoms with Crippen LogP contribution in [0.2, 0.25) is 0 Å². The molecule has 106 valence electrons. The second-order valence-electron chi connectivity index (χ2n) is 4.56. The maximum absolute atomic E-state index is 13.5. The molecule has 0 fully saturated rings. The molecule has 0 spiro atoms. The largest absolute Gasteiger partial charge is 0.434 e. The lowest BCUT2D eigenvalue weighted by atomic mass is 10.3. The number of hydrogen-bond donors (Lipinski definition) is 1. The molecule has 0 aliphatic carbocycles. The minimum atomic E-state index is -0.780. The number of aromatic nitrogens is 2. The second-order valence-corrected chi connectivity index (χ2v) is 4.56. The van der Waals surface area contributed by atoms with Gasteiger partial charge in [-0.3, -0.25) is 4.98 Å². The average molecular weight is 279 g/mol. The summed E-state index contributed by atoms with van der Waals surface area (Å²) in [4.78, 5) is 8.18. The van der Waals surface area contributed by atoms with Crippen molar-refractivity contribution < 1.29 is 13.5 Å². The Morgan fingerprint density at radius 3 is 2.75 bits per heavy atom. The van der Waals surface area contributed by atoms with Crippen molar-refractivity contribution in [2.75, 3.05) is 0 Å². The zero-order chi connectivity index (χ0) is 14.5. The van der Waals surface area contributed by atoms with E-state index in [4.69, 9.17) is 4.74 Å². The van der Waals surface area contributed by atoms with Gasteiger partial charge in [-0.2, -0.15) is 0 Å². The van der Waals surface area contributed by atoms with Crippen molar-refractivity contribution in [3.8, 4) is 11.6 Å². The summed E-state index contributed by atoms with van der Waals surface area (Å²) in [5, 5.41) is 3.19. The summed E-state index contributed by atoms with van der Waals surface area (Å²) in [5.74, 6) is -1.36. The van der Waals surface area contributed by atoms with E-state index in [2.05, 4.69) is 15.3 Å². The quantitative estimate of drug-likeness (QED) is 0.913. The molecule has 1 aromatic heterocycles. The lowest BCUT2D eigenvalue weighted by Gasteiger charge is -2.09. The van der Waals surface area contributed by atoms with E-state index >= 15 is 0 Å². The Morgan fingerprint density at radius 1 is 1.25 bits per heavy atom. The van der Waals surface area contributed by atoms with Crippen molar-refractivity contribution in [3.63, 3.8) is 0 Å². The Morgan fingerprint density at radius 2 is 2.05 bits per heavy atom. The molecule has 20 heavy (non-hydrogen) atoms. The fourth-order valence-corrected chi connectivity index (χ4v) is 1.50. The molecule has 0 bridgehead atoms. The highest BCUT2D eigenvalue weighted by Gasteiger charge is 2.08. The van der Waals surface area contributed by atoms with Gasteiger partial charge in [0.15, 0.2) is 11.6 Å². The lowest BCUT2D eigenvalue weighted by molar-refractivity contribution is 0.419. The molecule has 0 saturated carbocycles. The van der Waals surface area contributed by atoms with Gasteiger partial charge < -0.3 is 10.1 Å². The van der Waals surface area contributed by atoms with Crippen LogP contribution >= 0.6 is 0 Å². The summed E-state index contributed by atoms with van der Waals surface area (Å²) in [6.07, 6.45) is 2.98. The van der Waals surface area contributed by atoms with Crippen LogP contribution in [-0.2, 0) is 6.54 Å². The Hall–Kier alpha value is -2.08. The van der Waals surface area contributed by atoms with Crippen LogP contribution in [0.5, 0.6) is 11.6 Å². The van der Waals surface area contributed by atoms with Gasteiger partial charge in [0.2, 0.25) is 5.88 Å². The summed E-state index contributed by atoms with van der Waals surface area (Å²) >= 11 is 0. The maximum atomic E-state index is 13.5. The normalized spacial score (nSPS) is 10.8. The Balaban J connectivity index is 2.11. The molecule has 1 N–H and O–H groups in total. The van der Waals surface area contributed by atoms with Gasteiger partial charge in [-0.25, -0.2) is 13.8 Å². The van der Waals surface area contributed by atoms with Crippen LogP contribution in [0.15, 0.2) is 30.6 Å². The Labute approximate surface area is 115 Å². The maximum Gasteiger partial charge on any atom is 0.238 e. The number of nitrogens with zero attached hydrogens (tertiary/aromatic N) is 2. The third kappa shape index (κ3) is 3.96. The van der Waals surface area contributed by atoms with Gasteiger partial charge in [0.1, 0.15) is 5.82 Å².